The lowest BCUT2D eigenvalue weighted by Gasteiger charge is -2.10. The third kappa shape index (κ3) is 3.60. The number of aromatic amines is 1. The quantitative estimate of drug-likeness (QED) is 0.756. The van der Waals surface area contributed by atoms with Gasteiger partial charge in [-0.05, 0) is 37.1 Å². The van der Waals surface area contributed by atoms with Crippen molar-refractivity contribution in [3.05, 3.63) is 47.5 Å². The van der Waals surface area contributed by atoms with Crippen LogP contribution in [0.15, 0.2) is 30.7 Å². The van der Waals surface area contributed by atoms with Gasteiger partial charge in [0.05, 0.1) is 18.6 Å². The van der Waals surface area contributed by atoms with E-state index in [4.69, 9.17) is 0 Å². The maximum absolute atomic E-state index is 12.1. The number of imidazole rings is 1. The van der Waals surface area contributed by atoms with Gasteiger partial charge in [-0.15, -0.1) is 0 Å². The Morgan fingerprint density at radius 3 is 2.90 bits per heavy atom. The first-order valence-corrected chi connectivity index (χ1v) is 6.80. The Hall–Kier alpha value is -2.30. The van der Waals surface area contributed by atoms with Gasteiger partial charge in [0.25, 0.3) is 5.91 Å². The maximum Gasteiger partial charge on any atom is 0.251 e. The van der Waals surface area contributed by atoms with Gasteiger partial charge in [0.15, 0.2) is 0 Å². The highest BCUT2D eigenvalue weighted by Crippen LogP contribution is 2.16. The zero-order chi connectivity index (χ0) is 14.4. The Morgan fingerprint density at radius 2 is 2.25 bits per heavy atom. The van der Waals surface area contributed by atoms with Gasteiger partial charge in [-0.2, -0.15) is 0 Å². The summed E-state index contributed by atoms with van der Waals surface area (Å²) < 4.78 is 0. The first-order valence-electron chi connectivity index (χ1n) is 6.80. The number of hydrogen-bond donors (Lipinski definition) is 3. The molecule has 106 valence electrons. The number of hydrogen-bond acceptors (Lipinski definition) is 3. The van der Waals surface area contributed by atoms with Gasteiger partial charge in [-0.1, -0.05) is 6.92 Å². The molecule has 5 nitrogen and oxygen atoms in total. The zero-order valence-electron chi connectivity index (χ0n) is 11.9. The van der Waals surface area contributed by atoms with Gasteiger partial charge >= 0.3 is 0 Å². The monoisotopic (exact) mass is 272 g/mol. The van der Waals surface area contributed by atoms with Crippen molar-refractivity contribution in [3.8, 4) is 0 Å². The molecule has 1 amide bonds. The van der Waals surface area contributed by atoms with Crippen LogP contribution in [0.3, 0.4) is 0 Å². The number of aryl methyl sites for hydroxylation is 1. The Balaban J connectivity index is 1.97. The van der Waals surface area contributed by atoms with Gasteiger partial charge in [0.2, 0.25) is 0 Å². The molecule has 5 heteroatoms. The van der Waals surface area contributed by atoms with E-state index in [1.165, 1.54) is 0 Å². The van der Waals surface area contributed by atoms with Crippen molar-refractivity contribution in [1.29, 1.82) is 0 Å². The summed E-state index contributed by atoms with van der Waals surface area (Å²) in [5.74, 6) is -0.0789. The summed E-state index contributed by atoms with van der Waals surface area (Å²) in [5.41, 5.74) is 3.71. The van der Waals surface area contributed by atoms with E-state index in [0.29, 0.717) is 12.1 Å². The normalized spacial score (nSPS) is 10.3. The molecule has 3 N–H and O–H groups in total. The molecule has 0 aliphatic rings. The Labute approximate surface area is 118 Å². The summed E-state index contributed by atoms with van der Waals surface area (Å²) in [7, 11) is 0. The van der Waals surface area contributed by atoms with E-state index < -0.39 is 0 Å². The largest absolute Gasteiger partial charge is 0.385 e. The standard InChI is InChI=1S/C15H20N4O/c1-3-6-17-14-5-4-12(7-11(14)2)15(20)18-9-13-8-16-10-19-13/h4-5,7-8,10,17H,3,6,9H2,1-2H3,(H,16,19)(H,18,20). The fourth-order valence-electron chi connectivity index (χ4n) is 1.92. The first-order chi connectivity index (χ1) is 9.70. The average molecular weight is 272 g/mol. The number of nitrogens with zero attached hydrogens (tertiary/aromatic N) is 1. The molecule has 0 atom stereocenters. The molecule has 0 fully saturated rings. The van der Waals surface area contributed by atoms with E-state index in [-0.39, 0.29) is 5.91 Å². The molecule has 0 aliphatic heterocycles. The molecule has 0 spiro atoms. The molecule has 1 aromatic carbocycles. The number of rotatable bonds is 6. The molecule has 20 heavy (non-hydrogen) atoms. The van der Waals surface area contributed by atoms with E-state index in [0.717, 1.165) is 29.9 Å². The highest BCUT2D eigenvalue weighted by atomic mass is 16.1. The lowest BCUT2D eigenvalue weighted by Crippen LogP contribution is -2.23. The average Bonchev–Trinajstić information content (AvgIpc) is 2.96. The number of anilines is 1. The smallest absolute Gasteiger partial charge is 0.251 e. The second-order valence-electron chi connectivity index (χ2n) is 4.72. The van der Waals surface area contributed by atoms with Crippen LogP contribution in [0.1, 0.15) is 35.0 Å². The van der Waals surface area contributed by atoms with Gasteiger partial charge < -0.3 is 15.6 Å². The Kier molecular flexibility index (Phi) is 4.76. The molecule has 0 aliphatic carbocycles. The Morgan fingerprint density at radius 1 is 1.40 bits per heavy atom. The van der Waals surface area contributed by atoms with Crippen molar-refractivity contribution in [1.82, 2.24) is 15.3 Å². The van der Waals surface area contributed by atoms with Crippen LogP contribution >= 0.6 is 0 Å². The van der Waals surface area contributed by atoms with Crippen LogP contribution in [0.4, 0.5) is 5.69 Å². The van der Waals surface area contributed by atoms with Crippen LogP contribution in [0.2, 0.25) is 0 Å². The molecule has 0 radical (unpaired) electrons. The summed E-state index contributed by atoms with van der Waals surface area (Å²) in [6, 6.07) is 5.70. The van der Waals surface area contributed by atoms with E-state index >= 15 is 0 Å². The molecular weight excluding hydrogens is 252 g/mol. The molecule has 1 aromatic heterocycles. The number of H-pyrrole nitrogens is 1. The number of benzene rings is 1. The molecule has 0 saturated carbocycles. The summed E-state index contributed by atoms with van der Waals surface area (Å²) in [6.07, 6.45) is 4.37. The van der Waals surface area contributed by atoms with E-state index in [1.807, 2.05) is 25.1 Å². The summed E-state index contributed by atoms with van der Waals surface area (Å²) in [5, 5.41) is 6.20. The van der Waals surface area contributed by atoms with Gasteiger partial charge in [-0.25, -0.2) is 4.98 Å². The highest BCUT2D eigenvalue weighted by Gasteiger charge is 2.07. The maximum atomic E-state index is 12.1. The van der Waals surface area contributed by atoms with Crippen LogP contribution in [0.25, 0.3) is 0 Å². The number of nitrogens with one attached hydrogen (secondary N) is 3. The van der Waals surface area contributed by atoms with Crippen molar-refractivity contribution < 1.29 is 4.79 Å². The van der Waals surface area contributed by atoms with Crippen molar-refractivity contribution in [2.45, 2.75) is 26.8 Å². The summed E-state index contributed by atoms with van der Waals surface area (Å²) in [4.78, 5) is 18.9. The van der Waals surface area contributed by atoms with Gasteiger partial charge in [0, 0.05) is 24.0 Å². The van der Waals surface area contributed by atoms with Crippen LogP contribution in [-0.4, -0.2) is 22.4 Å². The van der Waals surface area contributed by atoms with Crippen LogP contribution in [0, 0.1) is 6.92 Å². The third-order valence-corrected chi connectivity index (χ3v) is 3.05. The van der Waals surface area contributed by atoms with Gasteiger partial charge in [-0.3, -0.25) is 4.79 Å². The number of amides is 1. The number of aromatic nitrogens is 2. The minimum atomic E-state index is -0.0789. The van der Waals surface area contributed by atoms with Gasteiger partial charge in [0.1, 0.15) is 0 Å². The summed E-state index contributed by atoms with van der Waals surface area (Å²) >= 11 is 0. The predicted octanol–water partition coefficient (Wildman–Crippen LogP) is 2.47. The second-order valence-corrected chi connectivity index (χ2v) is 4.72. The third-order valence-electron chi connectivity index (χ3n) is 3.05. The highest BCUT2D eigenvalue weighted by molar-refractivity contribution is 5.94. The van der Waals surface area contributed by atoms with Crippen LogP contribution in [0.5, 0.6) is 0 Å². The molecule has 1 heterocycles. The first kappa shape index (κ1) is 14.1. The lowest BCUT2D eigenvalue weighted by molar-refractivity contribution is 0.0950. The molecular formula is C15H20N4O. The lowest BCUT2D eigenvalue weighted by atomic mass is 10.1. The SMILES string of the molecule is CCCNc1ccc(C(=O)NCc2cnc[nH]2)cc1C. The van der Waals surface area contributed by atoms with Crippen LogP contribution < -0.4 is 10.6 Å². The van der Waals surface area contributed by atoms with Crippen molar-refractivity contribution >= 4 is 11.6 Å². The van der Waals surface area contributed by atoms with Crippen molar-refractivity contribution in [2.75, 3.05) is 11.9 Å². The minimum absolute atomic E-state index is 0.0789. The number of carbonyl (C=O) groups excluding carboxylic acids is 1. The topological polar surface area (TPSA) is 69.8 Å². The fourth-order valence-corrected chi connectivity index (χ4v) is 1.92. The minimum Gasteiger partial charge on any atom is -0.385 e. The van der Waals surface area contributed by atoms with Crippen molar-refractivity contribution in [2.24, 2.45) is 0 Å². The van der Waals surface area contributed by atoms with Crippen LogP contribution in [-0.2, 0) is 6.54 Å². The molecule has 0 bridgehead atoms. The molecule has 0 saturated heterocycles. The molecule has 2 rings (SSSR count). The predicted molar refractivity (Wildman–Crippen MR) is 79.7 cm³/mol. The second kappa shape index (κ2) is 6.75. The fraction of sp³-hybridized carbons (Fsp3) is 0.333. The number of carbonyl (C=O) groups is 1. The molecule has 2 aromatic rings. The van der Waals surface area contributed by atoms with Crippen molar-refractivity contribution in [3.63, 3.8) is 0 Å². The Bertz CT molecular complexity index is 563. The zero-order valence-corrected chi connectivity index (χ0v) is 11.9. The van der Waals surface area contributed by atoms with E-state index in [1.54, 1.807) is 12.5 Å². The van der Waals surface area contributed by atoms with E-state index in [9.17, 15) is 4.79 Å². The molecule has 0 unspecified atom stereocenters. The summed E-state index contributed by atoms with van der Waals surface area (Å²) in [6.45, 7) is 5.52. The van der Waals surface area contributed by atoms with E-state index in [2.05, 4.69) is 27.5 Å².